The summed E-state index contributed by atoms with van der Waals surface area (Å²) in [5, 5.41) is 14.9. The molecular weight excluding hydrogens is 373 g/mol. The fraction of sp³-hybridized carbons (Fsp3) is 0.333. The van der Waals surface area contributed by atoms with Crippen LogP contribution in [0, 0.1) is 0 Å². The van der Waals surface area contributed by atoms with Gasteiger partial charge >= 0.3 is 0 Å². The molecule has 0 fully saturated rings. The van der Waals surface area contributed by atoms with Gasteiger partial charge in [0.05, 0.1) is 6.54 Å². The number of hydrogen-bond donors (Lipinski definition) is 2. The molecule has 2 aromatic heterocycles. The van der Waals surface area contributed by atoms with Gasteiger partial charge in [0.25, 0.3) is 0 Å². The number of halogens is 1. The second-order valence-corrected chi connectivity index (χ2v) is 4.53. The smallest absolute Gasteiger partial charge is 0.191 e. The summed E-state index contributed by atoms with van der Waals surface area (Å²) in [6.07, 6.45) is 3.73. The van der Waals surface area contributed by atoms with Crippen molar-refractivity contribution in [2.24, 2.45) is 4.99 Å². The van der Waals surface area contributed by atoms with Gasteiger partial charge in [0, 0.05) is 32.5 Å². The molecule has 5 nitrogen and oxygen atoms in total. The Morgan fingerprint density at radius 1 is 1.47 bits per heavy atom. The SMILES string of the molecule is CN=C(NCCn1cccn1)NCc1ccsc1.I. The molecule has 0 spiro atoms. The molecule has 0 unspecified atom stereocenters. The molecule has 0 bridgehead atoms. The predicted molar refractivity (Wildman–Crippen MR) is 90.2 cm³/mol. The summed E-state index contributed by atoms with van der Waals surface area (Å²) in [6, 6.07) is 4.03. The third-order valence-corrected chi connectivity index (χ3v) is 3.19. The predicted octanol–water partition coefficient (Wildman–Crippen LogP) is 1.93. The van der Waals surface area contributed by atoms with Gasteiger partial charge in [0.2, 0.25) is 0 Å². The first-order valence-corrected chi connectivity index (χ1v) is 6.76. The van der Waals surface area contributed by atoms with E-state index in [0.717, 1.165) is 25.6 Å². The van der Waals surface area contributed by atoms with Crippen LogP contribution in [0.25, 0.3) is 0 Å². The van der Waals surface area contributed by atoms with E-state index in [0.29, 0.717) is 0 Å². The molecule has 0 amide bonds. The highest BCUT2D eigenvalue weighted by atomic mass is 127. The van der Waals surface area contributed by atoms with Crippen molar-refractivity contribution < 1.29 is 0 Å². The van der Waals surface area contributed by atoms with Gasteiger partial charge in [-0.3, -0.25) is 9.67 Å². The number of aromatic nitrogens is 2. The Balaban J connectivity index is 0.00000180. The van der Waals surface area contributed by atoms with Crippen molar-refractivity contribution in [3.05, 3.63) is 40.8 Å². The maximum atomic E-state index is 4.17. The Labute approximate surface area is 134 Å². The maximum absolute atomic E-state index is 4.17. The zero-order chi connectivity index (χ0) is 12.6. The molecule has 0 aliphatic carbocycles. The molecule has 0 aliphatic rings. The van der Waals surface area contributed by atoms with Crippen molar-refractivity contribution in [3.63, 3.8) is 0 Å². The second-order valence-electron chi connectivity index (χ2n) is 3.75. The fourth-order valence-corrected chi connectivity index (χ4v) is 2.19. The van der Waals surface area contributed by atoms with E-state index in [1.807, 2.05) is 16.9 Å². The van der Waals surface area contributed by atoms with Gasteiger partial charge in [-0.05, 0) is 28.5 Å². The van der Waals surface area contributed by atoms with Gasteiger partial charge in [-0.15, -0.1) is 24.0 Å². The van der Waals surface area contributed by atoms with Gasteiger partial charge in [0.15, 0.2) is 5.96 Å². The van der Waals surface area contributed by atoms with Crippen LogP contribution in [-0.4, -0.2) is 29.3 Å². The average Bonchev–Trinajstić information content (AvgIpc) is 3.06. The molecule has 0 radical (unpaired) electrons. The van der Waals surface area contributed by atoms with E-state index in [2.05, 4.69) is 37.6 Å². The van der Waals surface area contributed by atoms with E-state index in [4.69, 9.17) is 0 Å². The number of nitrogens with zero attached hydrogens (tertiary/aromatic N) is 3. The monoisotopic (exact) mass is 391 g/mol. The Morgan fingerprint density at radius 3 is 3.00 bits per heavy atom. The Kier molecular flexibility index (Phi) is 7.49. The molecule has 0 saturated heterocycles. The lowest BCUT2D eigenvalue weighted by atomic mass is 10.3. The number of guanidine groups is 1. The van der Waals surface area contributed by atoms with Crippen LogP contribution >= 0.6 is 35.3 Å². The summed E-state index contributed by atoms with van der Waals surface area (Å²) in [5.41, 5.74) is 1.27. The van der Waals surface area contributed by atoms with Crippen molar-refractivity contribution in [3.8, 4) is 0 Å². The summed E-state index contributed by atoms with van der Waals surface area (Å²) < 4.78 is 1.89. The molecule has 2 heterocycles. The highest BCUT2D eigenvalue weighted by Crippen LogP contribution is 2.04. The molecule has 2 aromatic rings. The minimum absolute atomic E-state index is 0. The summed E-state index contributed by atoms with van der Waals surface area (Å²) in [7, 11) is 1.77. The van der Waals surface area contributed by atoms with Crippen LogP contribution in [0.1, 0.15) is 5.56 Å². The quantitative estimate of drug-likeness (QED) is 0.465. The second kappa shape index (κ2) is 8.92. The summed E-state index contributed by atoms with van der Waals surface area (Å²) in [4.78, 5) is 4.17. The van der Waals surface area contributed by atoms with Gasteiger partial charge in [-0.25, -0.2) is 0 Å². The molecule has 2 rings (SSSR count). The number of aliphatic imine (C=N–C) groups is 1. The van der Waals surface area contributed by atoms with E-state index < -0.39 is 0 Å². The van der Waals surface area contributed by atoms with Gasteiger partial charge in [-0.1, -0.05) is 0 Å². The van der Waals surface area contributed by atoms with Crippen LogP contribution in [0.4, 0.5) is 0 Å². The molecule has 0 aliphatic heterocycles. The van der Waals surface area contributed by atoms with E-state index in [-0.39, 0.29) is 24.0 Å². The van der Waals surface area contributed by atoms with Gasteiger partial charge in [-0.2, -0.15) is 16.4 Å². The first-order chi connectivity index (χ1) is 8.88. The lowest BCUT2D eigenvalue weighted by Gasteiger charge is -2.11. The van der Waals surface area contributed by atoms with E-state index in [1.54, 1.807) is 24.6 Å². The maximum Gasteiger partial charge on any atom is 0.191 e. The lowest BCUT2D eigenvalue weighted by molar-refractivity contribution is 0.597. The summed E-state index contributed by atoms with van der Waals surface area (Å²) >= 11 is 1.70. The Hall–Kier alpha value is -1.09. The molecule has 19 heavy (non-hydrogen) atoms. The minimum Gasteiger partial charge on any atom is -0.355 e. The van der Waals surface area contributed by atoms with Gasteiger partial charge < -0.3 is 10.6 Å². The topological polar surface area (TPSA) is 54.2 Å². The fourth-order valence-electron chi connectivity index (χ4n) is 1.52. The van der Waals surface area contributed by atoms with Crippen molar-refractivity contribution in [1.82, 2.24) is 20.4 Å². The van der Waals surface area contributed by atoms with Crippen molar-refractivity contribution in [1.29, 1.82) is 0 Å². The third kappa shape index (κ3) is 5.60. The van der Waals surface area contributed by atoms with E-state index >= 15 is 0 Å². The first-order valence-electron chi connectivity index (χ1n) is 5.81. The van der Waals surface area contributed by atoms with Crippen LogP contribution in [0.15, 0.2) is 40.3 Å². The molecule has 0 aromatic carbocycles. The normalized spacial score (nSPS) is 10.9. The van der Waals surface area contributed by atoms with Gasteiger partial charge in [0.1, 0.15) is 0 Å². The molecule has 104 valence electrons. The highest BCUT2D eigenvalue weighted by Gasteiger charge is 1.98. The van der Waals surface area contributed by atoms with Crippen LogP contribution in [0.2, 0.25) is 0 Å². The number of nitrogens with one attached hydrogen (secondary N) is 2. The minimum atomic E-state index is 0. The zero-order valence-electron chi connectivity index (χ0n) is 10.7. The Morgan fingerprint density at radius 2 is 2.37 bits per heavy atom. The molecule has 0 atom stereocenters. The standard InChI is InChI=1S/C12H17N5S.HI/c1-13-12(15-9-11-3-8-18-10-11)14-5-7-17-6-2-4-16-17;/h2-4,6,8,10H,5,7,9H2,1H3,(H2,13,14,15);1H. The summed E-state index contributed by atoms with van der Waals surface area (Å²) in [5.74, 6) is 0.813. The molecular formula is C12H18IN5S. The molecule has 2 N–H and O–H groups in total. The first kappa shape index (κ1) is 16.0. The van der Waals surface area contributed by atoms with Crippen molar-refractivity contribution in [2.75, 3.05) is 13.6 Å². The average molecular weight is 391 g/mol. The summed E-state index contributed by atoms with van der Waals surface area (Å²) in [6.45, 7) is 2.42. The van der Waals surface area contributed by atoms with E-state index in [1.165, 1.54) is 5.56 Å². The highest BCUT2D eigenvalue weighted by molar-refractivity contribution is 14.0. The van der Waals surface area contributed by atoms with Crippen LogP contribution in [-0.2, 0) is 13.1 Å². The van der Waals surface area contributed by atoms with Crippen molar-refractivity contribution >= 4 is 41.3 Å². The number of rotatable bonds is 5. The number of thiophene rings is 1. The third-order valence-electron chi connectivity index (χ3n) is 2.46. The number of hydrogen-bond acceptors (Lipinski definition) is 3. The van der Waals surface area contributed by atoms with Crippen molar-refractivity contribution in [2.45, 2.75) is 13.1 Å². The largest absolute Gasteiger partial charge is 0.355 e. The van der Waals surface area contributed by atoms with Crippen LogP contribution in [0.3, 0.4) is 0 Å². The van der Waals surface area contributed by atoms with E-state index in [9.17, 15) is 0 Å². The Bertz CT molecular complexity index is 466. The van der Waals surface area contributed by atoms with Crippen LogP contribution < -0.4 is 10.6 Å². The lowest BCUT2D eigenvalue weighted by Crippen LogP contribution is -2.38. The zero-order valence-corrected chi connectivity index (χ0v) is 13.9. The van der Waals surface area contributed by atoms with Crippen LogP contribution in [0.5, 0.6) is 0 Å². The molecule has 7 heteroatoms. The molecule has 0 saturated carbocycles.